The van der Waals surface area contributed by atoms with E-state index in [4.69, 9.17) is 9.47 Å². The Morgan fingerprint density at radius 3 is 2.41 bits per heavy atom. The number of rotatable bonds is 6. The summed E-state index contributed by atoms with van der Waals surface area (Å²) >= 11 is 0. The molecule has 1 aromatic carbocycles. The molecular formula is C14H23NO2. The highest BCUT2D eigenvalue weighted by molar-refractivity contribution is 5.59. The molecule has 0 radical (unpaired) electrons. The summed E-state index contributed by atoms with van der Waals surface area (Å²) in [5.41, 5.74) is 1.01. The van der Waals surface area contributed by atoms with Gasteiger partial charge in [-0.05, 0) is 25.0 Å². The smallest absolute Gasteiger partial charge is 0.145 e. The lowest BCUT2D eigenvalue weighted by atomic mass is 10.0. The van der Waals surface area contributed by atoms with Gasteiger partial charge in [0.1, 0.15) is 11.5 Å². The van der Waals surface area contributed by atoms with Crippen LogP contribution in [0.1, 0.15) is 27.2 Å². The van der Waals surface area contributed by atoms with Crippen LogP contribution in [0.2, 0.25) is 0 Å². The van der Waals surface area contributed by atoms with Crippen molar-refractivity contribution in [2.75, 3.05) is 19.5 Å². The zero-order chi connectivity index (χ0) is 12.8. The number of hydrogen-bond donors (Lipinski definition) is 1. The van der Waals surface area contributed by atoms with Gasteiger partial charge < -0.3 is 14.8 Å². The molecule has 0 fully saturated rings. The van der Waals surface area contributed by atoms with Gasteiger partial charge in [0.25, 0.3) is 0 Å². The molecule has 2 unspecified atom stereocenters. The second kappa shape index (κ2) is 6.38. The Hall–Kier alpha value is -1.38. The van der Waals surface area contributed by atoms with E-state index in [9.17, 15) is 0 Å². The summed E-state index contributed by atoms with van der Waals surface area (Å²) in [5, 5.41) is 3.48. The van der Waals surface area contributed by atoms with E-state index < -0.39 is 0 Å². The second-order valence-corrected chi connectivity index (χ2v) is 4.38. The van der Waals surface area contributed by atoms with Crippen LogP contribution < -0.4 is 14.8 Å². The van der Waals surface area contributed by atoms with E-state index in [0.717, 1.165) is 23.6 Å². The molecule has 0 spiro atoms. The highest BCUT2D eigenvalue weighted by atomic mass is 16.5. The van der Waals surface area contributed by atoms with Crippen molar-refractivity contribution in [3.8, 4) is 11.5 Å². The van der Waals surface area contributed by atoms with Gasteiger partial charge in [-0.25, -0.2) is 0 Å². The van der Waals surface area contributed by atoms with Crippen LogP contribution in [0.25, 0.3) is 0 Å². The molecule has 0 amide bonds. The Morgan fingerprint density at radius 1 is 1.18 bits per heavy atom. The monoisotopic (exact) mass is 237 g/mol. The average molecular weight is 237 g/mol. The molecule has 0 heterocycles. The number of anilines is 1. The Kier molecular flexibility index (Phi) is 5.13. The lowest BCUT2D eigenvalue weighted by molar-refractivity contribution is 0.394. The molecule has 17 heavy (non-hydrogen) atoms. The quantitative estimate of drug-likeness (QED) is 0.820. The van der Waals surface area contributed by atoms with Gasteiger partial charge in [-0.3, -0.25) is 0 Å². The lowest BCUT2D eigenvalue weighted by Gasteiger charge is -2.22. The average Bonchev–Trinajstić information content (AvgIpc) is 2.37. The number of nitrogens with one attached hydrogen (secondary N) is 1. The highest BCUT2D eigenvalue weighted by Crippen LogP contribution is 2.30. The first-order chi connectivity index (χ1) is 8.12. The molecule has 3 heteroatoms. The largest absolute Gasteiger partial charge is 0.497 e. The van der Waals surface area contributed by atoms with Crippen LogP contribution in [-0.4, -0.2) is 20.3 Å². The van der Waals surface area contributed by atoms with Crippen LogP contribution in [0.15, 0.2) is 18.2 Å². The maximum atomic E-state index is 5.36. The summed E-state index contributed by atoms with van der Waals surface area (Å²) in [7, 11) is 3.33. The first-order valence-corrected chi connectivity index (χ1v) is 6.10. The number of ether oxygens (including phenoxy) is 2. The summed E-state index contributed by atoms with van der Waals surface area (Å²) in [4.78, 5) is 0. The summed E-state index contributed by atoms with van der Waals surface area (Å²) in [5.74, 6) is 2.25. The molecule has 0 bridgehead atoms. The van der Waals surface area contributed by atoms with Crippen molar-refractivity contribution >= 4 is 5.69 Å². The molecule has 3 nitrogen and oxygen atoms in total. The summed E-state index contributed by atoms with van der Waals surface area (Å²) in [6.07, 6.45) is 1.16. The van der Waals surface area contributed by atoms with Gasteiger partial charge in [0.15, 0.2) is 0 Å². The van der Waals surface area contributed by atoms with Gasteiger partial charge in [0.05, 0.1) is 19.9 Å². The summed E-state index contributed by atoms with van der Waals surface area (Å²) < 4.78 is 10.5. The molecule has 0 aromatic heterocycles. The van der Waals surface area contributed by atoms with E-state index in [-0.39, 0.29) is 0 Å². The minimum atomic E-state index is 0.419. The predicted molar refractivity (Wildman–Crippen MR) is 72.1 cm³/mol. The van der Waals surface area contributed by atoms with E-state index in [2.05, 4.69) is 26.1 Å². The topological polar surface area (TPSA) is 30.5 Å². The zero-order valence-corrected chi connectivity index (χ0v) is 11.4. The zero-order valence-electron chi connectivity index (χ0n) is 11.4. The van der Waals surface area contributed by atoms with Gasteiger partial charge in [0.2, 0.25) is 0 Å². The van der Waals surface area contributed by atoms with Crippen molar-refractivity contribution in [2.24, 2.45) is 5.92 Å². The molecule has 2 atom stereocenters. The Labute approximate surface area is 104 Å². The van der Waals surface area contributed by atoms with Gasteiger partial charge in [-0.2, -0.15) is 0 Å². The van der Waals surface area contributed by atoms with Crippen molar-refractivity contribution in [3.05, 3.63) is 18.2 Å². The summed E-state index contributed by atoms with van der Waals surface area (Å²) in [6, 6.07) is 6.25. The second-order valence-electron chi connectivity index (χ2n) is 4.38. The van der Waals surface area contributed by atoms with Crippen LogP contribution in [0.5, 0.6) is 11.5 Å². The molecule has 1 aromatic rings. The van der Waals surface area contributed by atoms with E-state index >= 15 is 0 Å². The molecular weight excluding hydrogens is 214 g/mol. The standard InChI is InChI=1S/C14H23NO2/c1-6-10(2)11(3)15-13-8-7-12(16-4)9-14(13)17-5/h7-11,15H,6H2,1-5H3. The van der Waals surface area contributed by atoms with Gasteiger partial charge in [0, 0.05) is 12.1 Å². The fourth-order valence-electron chi connectivity index (χ4n) is 1.66. The molecule has 0 saturated carbocycles. The maximum absolute atomic E-state index is 5.36. The van der Waals surface area contributed by atoms with E-state index in [0.29, 0.717) is 12.0 Å². The van der Waals surface area contributed by atoms with Crippen LogP contribution in [0.3, 0.4) is 0 Å². The normalized spacial score (nSPS) is 13.9. The highest BCUT2D eigenvalue weighted by Gasteiger charge is 2.12. The van der Waals surface area contributed by atoms with Crippen molar-refractivity contribution in [1.29, 1.82) is 0 Å². The fourth-order valence-corrected chi connectivity index (χ4v) is 1.66. The number of methoxy groups -OCH3 is 2. The van der Waals surface area contributed by atoms with Gasteiger partial charge >= 0.3 is 0 Å². The molecule has 0 aliphatic rings. The van der Waals surface area contributed by atoms with Crippen molar-refractivity contribution in [2.45, 2.75) is 33.2 Å². The molecule has 1 rings (SSSR count). The SMILES string of the molecule is CCC(C)C(C)Nc1ccc(OC)cc1OC. The minimum absolute atomic E-state index is 0.419. The Morgan fingerprint density at radius 2 is 1.88 bits per heavy atom. The molecule has 0 saturated heterocycles. The summed E-state index contributed by atoms with van der Waals surface area (Å²) in [6.45, 7) is 6.64. The Bertz CT molecular complexity index is 352. The number of hydrogen-bond acceptors (Lipinski definition) is 3. The molecule has 1 N–H and O–H groups in total. The lowest BCUT2D eigenvalue weighted by Crippen LogP contribution is -2.23. The molecule has 0 aliphatic carbocycles. The molecule has 0 aliphatic heterocycles. The Balaban J connectivity index is 2.83. The van der Waals surface area contributed by atoms with Crippen LogP contribution in [0, 0.1) is 5.92 Å². The minimum Gasteiger partial charge on any atom is -0.497 e. The third-order valence-electron chi connectivity index (χ3n) is 3.29. The van der Waals surface area contributed by atoms with Gasteiger partial charge in [-0.15, -0.1) is 0 Å². The van der Waals surface area contributed by atoms with E-state index in [1.807, 2.05) is 18.2 Å². The fraction of sp³-hybridized carbons (Fsp3) is 0.571. The third-order valence-corrected chi connectivity index (χ3v) is 3.29. The van der Waals surface area contributed by atoms with E-state index in [1.165, 1.54) is 0 Å². The van der Waals surface area contributed by atoms with Gasteiger partial charge in [-0.1, -0.05) is 20.3 Å². The number of benzene rings is 1. The third kappa shape index (κ3) is 3.55. The van der Waals surface area contributed by atoms with Crippen molar-refractivity contribution < 1.29 is 9.47 Å². The van der Waals surface area contributed by atoms with Crippen molar-refractivity contribution in [3.63, 3.8) is 0 Å². The first kappa shape index (κ1) is 13.7. The van der Waals surface area contributed by atoms with Crippen LogP contribution >= 0.6 is 0 Å². The maximum Gasteiger partial charge on any atom is 0.145 e. The first-order valence-electron chi connectivity index (χ1n) is 6.10. The van der Waals surface area contributed by atoms with E-state index in [1.54, 1.807) is 14.2 Å². The predicted octanol–water partition coefficient (Wildman–Crippen LogP) is 3.55. The van der Waals surface area contributed by atoms with Crippen LogP contribution in [-0.2, 0) is 0 Å². The van der Waals surface area contributed by atoms with Crippen molar-refractivity contribution in [1.82, 2.24) is 0 Å². The molecule has 96 valence electrons. The van der Waals surface area contributed by atoms with Crippen LogP contribution in [0.4, 0.5) is 5.69 Å².